The molecule has 1 N–H and O–H groups in total. The Morgan fingerprint density at radius 3 is 2.59 bits per heavy atom. The van der Waals surface area contributed by atoms with Gasteiger partial charge < -0.3 is 14.6 Å². The highest BCUT2D eigenvalue weighted by Crippen LogP contribution is 2.79. The molecule has 5 nitrogen and oxygen atoms in total. The maximum Gasteiger partial charge on any atom is 0.302 e. The molecule has 4 saturated heterocycles. The molecule has 208 valence electrons. The maximum atomic E-state index is 12.1. The van der Waals surface area contributed by atoms with E-state index in [0.29, 0.717) is 22.4 Å². The second-order valence-electron chi connectivity index (χ2n) is 15.7. The molecule has 7 aliphatic rings. The van der Waals surface area contributed by atoms with Crippen LogP contribution in [0.2, 0.25) is 0 Å². The van der Waals surface area contributed by atoms with Gasteiger partial charge in [0.25, 0.3) is 0 Å². The third-order valence-corrected chi connectivity index (χ3v) is 14.5. The summed E-state index contributed by atoms with van der Waals surface area (Å²) in [5, 5.41) is 11.3. The zero-order chi connectivity index (χ0) is 26.2. The smallest absolute Gasteiger partial charge is 0.302 e. The number of carbonyl (C=O) groups is 1. The summed E-state index contributed by atoms with van der Waals surface area (Å²) in [6.07, 6.45) is 12.7. The van der Waals surface area contributed by atoms with E-state index in [4.69, 9.17) is 9.47 Å². The van der Waals surface area contributed by atoms with Gasteiger partial charge in [-0.15, -0.1) is 0 Å². The first-order valence-corrected chi connectivity index (χ1v) is 15.7. The van der Waals surface area contributed by atoms with Crippen molar-refractivity contribution in [2.45, 2.75) is 142 Å². The predicted octanol–water partition coefficient (Wildman–Crippen LogP) is 5.93. The molecule has 1 spiro atoms. The van der Waals surface area contributed by atoms with E-state index in [0.717, 1.165) is 42.9 Å². The Morgan fingerprint density at radius 2 is 1.86 bits per heavy atom. The third-order valence-electron chi connectivity index (χ3n) is 14.5. The van der Waals surface area contributed by atoms with E-state index in [9.17, 15) is 9.90 Å². The van der Waals surface area contributed by atoms with Crippen molar-refractivity contribution in [1.82, 2.24) is 4.90 Å². The minimum atomic E-state index is -0.870. The van der Waals surface area contributed by atoms with Gasteiger partial charge in [0.1, 0.15) is 6.10 Å². The molecule has 0 aromatic rings. The summed E-state index contributed by atoms with van der Waals surface area (Å²) in [4.78, 5) is 15.2. The van der Waals surface area contributed by atoms with Crippen molar-refractivity contribution in [3.63, 3.8) is 0 Å². The van der Waals surface area contributed by atoms with E-state index >= 15 is 0 Å². The van der Waals surface area contributed by atoms with E-state index < -0.39 is 11.7 Å². The molecular weight excluding hydrogens is 462 g/mol. The molecule has 7 fully saturated rings. The topological polar surface area (TPSA) is 59.0 Å². The molecule has 4 heterocycles. The van der Waals surface area contributed by atoms with Crippen molar-refractivity contribution < 1.29 is 19.4 Å². The first-order chi connectivity index (χ1) is 17.4. The van der Waals surface area contributed by atoms with Crippen LogP contribution in [0.25, 0.3) is 0 Å². The van der Waals surface area contributed by atoms with E-state index in [1.165, 1.54) is 64.8 Å². The number of esters is 1. The molecular formula is C32H51NO4. The maximum absolute atomic E-state index is 12.1. The highest BCUT2D eigenvalue weighted by Gasteiger charge is 2.80. The minimum absolute atomic E-state index is 0.204. The molecule has 1 unspecified atom stereocenters. The third kappa shape index (κ3) is 2.81. The Balaban J connectivity index is 1.30. The minimum Gasteiger partial charge on any atom is -0.462 e. The van der Waals surface area contributed by atoms with Gasteiger partial charge in [0.05, 0.1) is 11.0 Å². The fraction of sp³-hybridized carbons (Fsp3) is 0.969. The molecule has 37 heavy (non-hydrogen) atoms. The molecule has 0 amide bonds. The Hall–Kier alpha value is -0.650. The number of aliphatic hydroxyl groups is 1. The van der Waals surface area contributed by atoms with Crippen LogP contribution in [0.1, 0.15) is 112 Å². The molecule has 5 heteroatoms. The molecule has 0 aromatic heterocycles. The Labute approximate surface area is 224 Å². The van der Waals surface area contributed by atoms with Crippen molar-refractivity contribution in [2.24, 2.45) is 45.8 Å². The SMILES string of the molecule is CC(=O)O[C@H]1CC[C@]2(C)O[C@@H](O)[C@@]1(C)[C@@H]2CC[C@]12[C@@H]3[C@@H](C(C)C)CC[C@@]1(C)[C@@H]1CC[C@@]4(CCC[C@H]42)N3C1. The highest BCUT2D eigenvalue weighted by molar-refractivity contribution is 5.66. The molecule has 7 bridgehead atoms. The van der Waals surface area contributed by atoms with E-state index in [-0.39, 0.29) is 23.6 Å². The second-order valence-corrected chi connectivity index (χ2v) is 15.7. The summed E-state index contributed by atoms with van der Waals surface area (Å²) < 4.78 is 12.3. The average Bonchev–Trinajstić information content (AvgIpc) is 3.35. The van der Waals surface area contributed by atoms with Crippen LogP contribution in [0, 0.1) is 45.8 Å². The fourth-order valence-corrected chi connectivity index (χ4v) is 13.0. The first-order valence-electron chi connectivity index (χ1n) is 15.7. The van der Waals surface area contributed by atoms with Crippen LogP contribution < -0.4 is 0 Å². The molecule has 3 saturated carbocycles. The van der Waals surface area contributed by atoms with Crippen LogP contribution in [0.15, 0.2) is 0 Å². The largest absolute Gasteiger partial charge is 0.462 e. The summed E-state index contributed by atoms with van der Waals surface area (Å²) in [5.41, 5.74) is 0.348. The average molecular weight is 514 g/mol. The Bertz CT molecular complexity index is 984. The van der Waals surface area contributed by atoms with Gasteiger partial charge in [0, 0.05) is 31.0 Å². The van der Waals surface area contributed by atoms with Crippen LogP contribution in [0.4, 0.5) is 0 Å². The quantitative estimate of drug-likeness (QED) is 0.462. The monoisotopic (exact) mass is 513 g/mol. The molecule has 4 aliphatic heterocycles. The number of nitrogens with zero attached hydrogens (tertiary/aromatic N) is 1. The highest BCUT2D eigenvalue weighted by atomic mass is 16.6. The number of rotatable bonds is 5. The van der Waals surface area contributed by atoms with Crippen molar-refractivity contribution >= 4 is 5.97 Å². The van der Waals surface area contributed by atoms with Crippen LogP contribution in [-0.4, -0.2) is 52.1 Å². The predicted molar refractivity (Wildman–Crippen MR) is 143 cm³/mol. The van der Waals surface area contributed by atoms with Gasteiger partial charge in [0.15, 0.2) is 6.29 Å². The zero-order valence-corrected chi connectivity index (χ0v) is 24.2. The van der Waals surface area contributed by atoms with Gasteiger partial charge >= 0.3 is 5.97 Å². The lowest BCUT2D eigenvalue weighted by Crippen LogP contribution is -2.68. The summed E-state index contributed by atoms with van der Waals surface area (Å²) in [6.45, 7) is 14.9. The Kier molecular flexibility index (Phi) is 5.31. The molecule has 13 atom stereocenters. The summed E-state index contributed by atoms with van der Waals surface area (Å²) >= 11 is 0. The van der Waals surface area contributed by atoms with E-state index in [2.05, 4.69) is 39.5 Å². The van der Waals surface area contributed by atoms with Crippen LogP contribution in [-0.2, 0) is 14.3 Å². The number of aliphatic hydroxyl groups excluding tert-OH is 1. The molecule has 7 rings (SSSR count). The van der Waals surface area contributed by atoms with E-state index in [1.54, 1.807) is 0 Å². The van der Waals surface area contributed by atoms with Crippen LogP contribution in [0.3, 0.4) is 0 Å². The zero-order valence-electron chi connectivity index (χ0n) is 24.2. The molecule has 0 radical (unpaired) electrons. The van der Waals surface area contributed by atoms with Gasteiger partial charge in [-0.05, 0) is 106 Å². The number of hydrogen-bond donors (Lipinski definition) is 1. The summed E-state index contributed by atoms with van der Waals surface area (Å²) in [5.74, 6) is 3.13. The van der Waals surface area contributed by atoms with Crippen LogP contribution >= 0.6 is 0 Å². The Morgan fingerprint density at radius 1 is 1.08 bits per heavy atom. The lowest BCUT2D eigenvalue weighted by atomic mass is 9.41. The standard InChI is InChI=1S/C32H51NO4/c1-19(2)22-10-14-28(4)21-9-16-31-13-7-8-24(31)32(28,26(22)33(31)18-21)17-11-23-29(5)15-12-25(36-20(3)34)30(23,6)27(35)37-29/h19,21-27,35H,7-18H2,1-6H3/t21-,22-,23-,24-,25+,26+,27-,28+,29+,30+,31-,32+/m1/s1. The lowest BCUT2D eigenvalue weighted by Gasteiger charge is -2.67. The number of fused-ring (bicyclic) bond motifs is 4. The van der Waals surface area contributed by atoms with Crippen LogP contribution in [0.5, 0.6) is 0 Å². The van der Waals surface area contributed by atoms with Crippen molar-refractivity contribution in [3.05, 3.63) is 0 Å². The van der Waals surface area contributed by atoms with Crippen molar-refractivity contribution in [2.75, 3.05) is 6.54 Å². The van der Waals surface area contributed by atoms with Crippen molar-refractivity contribution in [1.29, 1.82) is 0 Å². The normalized spacial score (nSPS) is 59.1. The number of hydrogen-bond acceptors (Lipinski definition) is 5. The van der Waals surface area contributed by atoms with Crippen molar-refractivity contribution in [3.8, 4) is 0 Å². The summed E-state index contributed by atoms with van der Waals surface area (Å²) in [7, 11) is 0. The van der Waals surface area contributed by atoms with Gasteiger partial charge in [-0.25, -0.2) is 0 Å². The van der Waals surface area contributed by atoms with Gasteiger partial charge in [-0.2, -0.15) is 0 Å². The summed E-state index contributed by atoms with van der Waals surface area (Å²) in [6, 6.07) is 0.713. The second kappa shape index (κ2) is 7.75. The number of piperidine rings is 2. The van der Waals surface area contributed by atoms with E-state index in [1.807, 2.05) is 0 Å². The lowest BCUT2D eigenvalue weighted by molar-refractivity contribution is -0.188. The van der Waals surface area contributed by atoms with Gasteiger partial charge in [0.2, 0.25) is 0 Å². The van der Waals surface area contributed by atoms with Gasteiger partial charge in [-0.1, -0.05) is 34.1 Å². The first kappa shape index (κ1) is 25.3. The van der Waals surface area contributed by atoms with Gasteiger partial charge in [-0.3, -0.25) is 9.69 Å². The fourth-order valence-electron chi connectivity index (χ4n) is 13.0. The number of ether oxygens (including phenoxy) is 2. The molecule has 3 aliphatic carbocycles. The number of carbonyl (C=O) groups excluding carboxylic acids is 1. The molecule has 0 aromatic carbocycles.